The molecule has 18 heavy (non-hydrogen) atoms. The van der Waals surface area contributed by atoms with Crippen LogP contribution >= 0.6 is 0 Å². The van der Waals surface area contributed by atoms with Gasteiger partial charge in [0, 0.05) is 0 Å². The standard InChI is InChI=1S/C16H22O2/c1-11(10-15-12(2)17-15)8-9-14-16(18-14)13-6-4-3-5-7-13/h3-7,11-12,14-16H,8-10H2,1-2H3. The molecule has 0 aliphatic carbocycles. The molecule has 2 aliphatic rings. The molecule has 5 atom stereocenters. The van der Waals surface area contributed by atoms with Crippen molar-refractivity contribution in [2.75, 3.05) is 0 Å². The van der Waals surface area contributed by atoms with E-state index in [0.717, 1.165) is 5.92 Å². The van der Waals surface area contributed by atoms with Gasteiger partial charge < -0.3 is 9.47 Å². The van der Waals surface area contributed by atoms with Crippen LogP contribution < -0.4 is 0 Å². The van der Waals surface area contributed by atoms with Crippen molar-refractivity contribution in [3.63, 3.8) is 0 Å². The SMILES string of the molecule is CC(CCC1OC1c1ccccc1)CC1OC1C. The summed E-state index contributed by atoms with van der Waals surface area (Å²) in [5, 5.41) is 0. The third kappa shape index (κ3) is 2.93. The molecule has 0 spiro atoms. The average Bonchev–Trinajstić information content (AvgIpc) is 3.27. The predicted molar refractivity (Wildman–Crippen MR) is 71.4 cm³/mol. The summed E-state index contributed by atoms with van der Waals surface area (Å²) in [7, 11) is 0. The topological polar surface area (TPSA) is 25.1 Å². The molecule has 2 heterocycles. The van der Waals surface area contributed by atoms with Crippen LogP contribution in [-0.2, 0) is 9.47 Å². The molecule has 0 amide bonds. The zero-order valence-corrected chi connectivity index (χ0v) is 11.2. The first kappa shape index (κ1) is 12.2. The number of hydrogen-bond acceptors (Lipinski definition) is 2. The first-order chi connectivity index (χ1) is 8.74. The Labute approximate surface area is 109 Å². The molecule has 1 aromatic carbocycles. The van der Waals surface area contributed by atoms with Crippen molar-refractivity contribution in [1.29, 1.82) is 0 Å². The van der Waals surface area contributed by atoms with Crippen molar-refractivity contribution in [2.45, 2.75) is 57.5 Å². The Hall–Kier alpha value is -0.860. The van der Waals surface area contributed by atoms with Gasteiger partial charge in [-0.15, -0.1) is 0 Å². The fourth-order valence-corrected chi connectivity index (χ4v) is 2.74. The van der Waals surface area contributed by atoms with Crippen LogP contribution in [0.1, 0.15) is 44.8 Å². The molecule has 2 saturated heterocycles. The molecule has 98 valence electrons. The minimum Gasteiger partial charge on any atom is -0.370 e. The van der Waals surface area contributed by atoms with Crippen LogP contribution in [0.3, 0.4) is 0 Å². The van der Waals surface area contributed by atoms with Gasteiger partial charge in [0.05, 0.1) is 18.3 Å². The van der Waals surface area contributed by atoms with Crippen molar-refractivity contribution in [2.24, 2.45) is 5.92 Å². The summed E-state index contributed by atoms with van der Waals surface area (Å²) >= 11 is 0. The van der Waals surface area contributed by atoms with Gasteiger partial charge in [-0.1, -0.05) is 37.3 Å². The maximum Gasteiger partial charge on any atom is 0.109 e. The van der Waals surface area contributed by atoms with Crippen LogP contribution in [0.5, 0.6) is 0 Å². The van der Waals surface area contributed by atoms with Crippen LogP contribution in [-0.4, -0.2) is 18.3 Å². The van der Waals surface area contributed by atoms with Crippen LogP contribution in [0.25, 0.3) is 0 Å². The van der Waals surface area contributed by atoms with Crippen molar-refractivity contribution < 1.29 is 9.47 Å². The van der Waals surface area contributed by atoms with E-state index in [4.69, 9.17) is 9.47 Å². The maximum atomic E-state index is 5.76. The summed E-state index contributed by atoms with van der Waals surface area (Å²) in [6.45, 7) is 4.49. The van der Waals surface area contributed by atoms with E-state index >= 15 is 0 Å². The third-order valence-corrected chi connectivity index (χ3v) is 4.13. The Balaban J connectivity index is 1.38. The zero-order valence-electron chi connectivity index (χ0n) is 11.2. The Morgan fingerprint density at radius 2 is 1.83 bits per heavy atom. The Morgan fingerprint density at radius 1 is 1.11 bits per heavy atom. The lowest BCUT2D eigenvalue weighted by Gasteiger charge is -2.07. The molecule has 2 nitrogen and oxygen atoms in total. The lowest BCUT2D eigenvalue weighted by atomic mass is 9.96. The molecule has 2 heteroatoms. The fraction of sp³-hybridized carbons (Fsp3) is 0.625. The fourth-order valence-electron chi connectivity index (χ4n) is 2.74. The van der Waals surface area contributed by atoms with Crippen LogP contribution in [0.15, 0.2) is 30.3 Å². The van der Waals surface area contributed by atoms with Gasteiger partial charge in [0.25, 0.3) is 0 Å². The summed E-state index contributed by atoms with van der Waals surface area (Å²) in [4.78, 5) is 0. The summed E-state index contributed by atoms with van der Waals surface area (Å²) in [6, 6.07) is 10.5. The van der Waals surface area contributed by atoms with Gasteiger partial charge in [-0.05, 0) is 37.7 Å². The lowest BCUT2D eigenvalue weighted by Crippen LogP contribution is -2.03. The first-order valence-corrected chi connectivity index (χ1v) is 7.10. The Bertz CT molecular complexity index is 389. The van der Waals surface area contributed by atoms with Crippen molar-refractivity contribution in [3.05, 3.63) is 35.9 Å². The van der Waals surface area contributed by atoms with Crippen molar-refractivity contribution in [1.82, 2.24) is 0 Å². The van der Waals surface area contributed by atoms with Crippen LogP contribution in [0.2, 0.25) is 0 Å². The second-order valence-electron chi connectivity index (χ2n) is 5.80. The second-order valence-corrected chi connectivity index (χ2v) is 5.80. The summed E-state index contributed by atoms with van der Waals surface area (Å²) in [5.74, 6) is 0.751. The molecule has 0 aromatic heterocycles. The van der Waals surface area contributed by atoms with E-state index in [-0.39, 0.29) is 0 Å². The molecule has 0 saturated carbocycles. The van der Waals surface area contributed by atoms with Gasteiger partial charge in [-0.3, -0.25) is 0 Å². The van der Waals surface area contributed by atoms with Crippen LogP contribution in [0, 0.1) is 5.92 Å². The molecular weight excluding hydrogens is 224 g/mol. The molecule has 3 rings (SSSR count). The Morgan fingerprint density at radius 3 is 2.50 bits per heavy atom. The Kier molecular flexibility index (Phi) is 3.40. The van der Waals surface area contributed by atoms with E-state index < -0.39 is 0 Å². The van der Waals surface area contributed by atoms with Gasteiger partial charge in [-0.2, -0.15) is 0 Å². The zero-order chi connectivity index (χ0) is 12.5. The van der Waals surface area contributed by atoms with E-state index in [1.54, 1.807) is 0 Å². The quantitative estimate of drug-likeness (QED) is 0.715. The predicted octanol–water partition coefficient (Wildman–Crippen LogP) is 3.72. The molecule has 1 aromatic rings. The third-order valence-electron chi connectivity index (χ3n) is 4.13. The minimum absolute atomic E-state index is 0.356. The van der Waals surface area contributed by atoms with Gasteiger partial charge in [0.15, 0.2) is 0 Å². The van der Waals surface area contributed by atoms with Crippen molar-refractivity contribution >= 4 is 0 Å². The first-order valence-electron chi connectivity index (χ1n) is 7.10. The van der Waals surface area contributed by atoms with Crippen molar-refractivity contribution in [3.8, 4) is 0 Å². The highest BCUT2D eigenvalue weighted by molar-refractivity contribution is 5.22. The van der Waals surface area contributed by atoms with E-state index in [0.29, 0.717) is 24.4 Å². The molecule has 2 aliphatic heterocycles. The summed E-state index contributed by atoms with van der Waals surface area (Å²) in [6.07, 6.45) is 5.49. The smallest absolute Gasteiger partial charge is 0.109 e. The van der Waals surface area contributed by atoms with Crippen LogP contribution in [0.4, 0.5) is 0 Å². The highest BCUT2D eigenvalue weighted by Crippen LogP contribution is 2.42. The molecular formula is C16H22O2. The van der Waals surface area contributed by atoms with E-state index in [9.17, 15) is 0 Å². The highest BCUT2D eigenvalue weighted by atomic mass is 16.6. The minimum atomic E-state index is 0.356. The average molecular weight is 246 g/mol. The summed E-state index contributed by atoms with van der Waals surface area (Å²) in [5.41, 5.74) is 1.33. The number of epoxide rings is 2. The van der Waals surface area contributed by atoms with Gasteiger partial charge in [0.1, 0.15) is 6.10 Å². The normalized spacial score (nSPS) is 35.2. The highest BCUT2D eigenvalue weighted by Gasteiger charge is 2.40. The monoisotopic (exact) mass is 246 g/mol. The van der Waals surface area contributed by atoms with Gasteiger partial charge >= 0.3 is 0 Å². The molecule has 0 N–H and O–H groups in total. The number of hydrogen-bond donors (Lipinski definition) is 0. The van der Waals surface area contributed by atoms with Gasteiger partial charge in [0.2, 0.25) is 0 Å². The largest absolute Gasteiger partial charge is 0.370 e. The number of benzene rings is 1. The second kappa shape index (κ2) is 5.02. The lowest BCUT2D eigenvalue weighted by molar-refractivity contribution is 0.321. The molecule has 5 unspecified atom stereocenters. The molecule has 0 bridgehead atoms. The van der Waals surface area contributed by atoms with E-state index in [1.165, 1.54) is 24.8 Å². The van der Waals surface area contributed by atoms with E-state index in [1.807, 2.05) is 0 Å². The number of ether oxygens (including phenoxy) is 2. The molecule has 0 radical (unpaired) electrons. The number of rotatable bonds is 6. The van der Waals surface area contributed by atoms with Gasteiger partial charge in [-0.25, -0.2) is 0 Å². The summed E-state index contributed by atoms with van der Waals surface area (Å²) < 4.78 is 11.2. The van der Waals surface area contributed by atoms with E-state index in [2.05, 4.69) is 44.2 Å². The maximum absolute atomic E-state index is 5.76. The molecule has 2 fully saturated rings.